The second-order valence-electron chi connectivity index (χ2n) is 8.77. The molecule has 0 aromatic heterocycles. The molecule has 1 aliphatic rings. The number of fused-ring (bicyclic) bond motifs is 1. The molecule has 172 valence electrons. The van der Waals surface area contributed by atoms with Gasteiger partial charge in [-0.2, -0.15) is 0 Å². The number of nitrogens with one attached hydrogen (secondary N) is 2. The fourth-order valence-electron chi connectivity index (χ4n) is 3.81. The summed E-state index contributed by atoms with van der Waals surface area (Å²) in [5.41, 5.74) is 1.70. The van der Waals surface area contributed by atoms with E-state index in [0.717, 1.165) is 11.1 Å². The summed E-state index contributed by atoms with van der Waals surface area (Å²) in [6.45, 7) is 6.38. The minimum Gasteiger partial charge on any atom is -0.493 e. The van der Waals surface area contributed by atoms with Gasteiger partial charge < -0.3 is 25.0 Å². The number of urea groups is 1. The molecule has 2 aromatic carbocycles. The van der Waals surface area contributed by atoms with Gasteiger partial charge in [0.1, 0.15) is 5.82 Å². The zero-order valence-electron chi connectivity index (χ0n) is 19.1. The Morgan fingerprint density at radius 3 is 2.44 bits per heavy atom. The van der Waals surface area contributed by atoms with Crippen molar-refractivity contribution in [3.05, 3.63) is 58.9 Å². The van der Waals surface area contributed by atoms with E-state index in [1.54, 1.807) is 25.2 Å². The highest BCUT2D eigenvalue weighted by atomic mass is 19.1. The highest BCUT2D eigenvalue weighted by Crippen LogP contribution is 2.38. The van der Waals surface area contributed by atoms with Crippen LogP contribution in [0, 0.1) is 5.82 Å². The molecule has 1 aliphatic heterocycles. The summed E-state index contributed by atoms with van der Waals surface area (Å²) in [5.74, 6) is 0.268. The molecule has 7 nitrogen and oxygen atoms in total. The molecule has 8 heteroatoms. The summed E-state index contributed by atoms with van der Waals surface area (Å²) in [6.07, 6.45) is 0.640. The van der Waals surface area contributed by atoms with Crippen LogP contribution in [0.15, 0.2) is 36.4 Å². The highest BCUT2D eigenvalue weighted by molar-refractivity contribution is 5.94. The third-order valence-electron chi connectivity index (χ3n) is 5.29. The molecule has 2 aromatic rings. The number of methoxy groups -OCH3 is 2. The second-order valence-corrected chi connectivity index (χ2v) is 8.77. The summed E-state index contributed by atoms with van der Waals surface area (Å²) in [5, 5.41) is 5.85. The number of hydrogen-bond donors (Lipinski definition) is 2. The Morgan fingerprint density at radius 1 is 1.12 bits per heavy atom. The maximum atomic E-state index is 13.5. The van der Waals surface area contributed by atoms with Gasteiger partial charge >= 0.3 is 6.03 Å². The first kappa shape index (κ1) is 23.4. The van der Waals surface area contributed by atoms with Crippen LogP contribution in [-0.4, -0.2) is 49.7 Å². The maximum Gasteiger partial charge on any atom is 0.318 e. The molecule has 0 saturated heterocycles. The standard InChI is InChI=1S/C24H30FN3O4/c1-24(2,3)27-23(30)28-10-9-15-12-20(31-4)21(32-5)13-18(15)19(28)14-26-22(29)16-7-6-8-17(25)11-16/h6-8,11-13,19H,9-10,14H2,1-5H3,(H,26,29)(H,27,30). The van der Waals surface area contributed by atoms with Gasteiger partial charge in [-0.3, -0.25) is 4.79 Å². The van der Waals surface area contributed by atoms with Crippen LogP contribution in [0.3, 0.4) is 0 Å². The summed E-state index contributed by atoms with van der Waals surface area (Å²) in [7, 11) is 3.13. The SMILES string of the molecule is COc1cc2c(cc1OC)C(CNC(=O)c1cccc(F)c1)N(C(=O)NC(C)(C)C)CC2. The van der Waals surface area contributed by atoms with Crippen LogP contribution in [-0.2, 0) is 6.42 Å². The van der Waals surface area contributed by atoms with E-state index in [1.165, 1.54) is 18.2 Å². The lowest BCUT2D eigenvalue weighted by atomic mass is 9.91. The number of ether oxygens (including phenoxy) is 2. The van der Waals surface area contributed by atoms with Gasteiger partial charge in [0.05, 0.1) is 20.3 Å². The van der Waals surface area contributed by atoms with Crippen molar-refractivity contribution in [3.8, 4) is 11.5 Å². The molecule has 3 rings (SSSR count). The maximum absolute atomic E-state index is 13.5. The molecular formula is C24H30FN3O4. The lowest BCUT2D eigenvalue weighted by molar-refractivity contribution is 0.0932. The molecule has 0 saturated carbocycles. The number of rotatable bonds is 5. The van der Waals surface area contributed by atoms with Crippen molar-refractivity contribution in [2.24, 2.45) is 0 Å². The van der Waals surface area contributed by atoms with E-state index in [4.69, 9.17) is 9.47 Å². The number of benzene rings is 2. The molecule has 3 amide bonds. The van der Waals surface area contributed by atoms with E-state index in [-0.39, 0.29) is 18.1 Å². The third kappa shape index (κ3) is 5.30. The van der Waals surface area contributed by atoms with Crippen molar-refractivity contribution in [2.45, 2.75) is 38.8 Å². The molecule has 0 aliphatic carbocycles. The largest absolute Gasteiger partial charge is 0.493 e. The Morgan fingerprint density at radius 2 is 1.81 bits per heavy atom. The van der Waals surface area contributed by atoms with Gasteiger partial charge in [-0.25, -0.2) is 9.18 Å². The Hall–Kier alpha value is -3.29. The minimum absolute atomic E-state index is 0.162. The van der Waals surface area contributed by atoms with E-state index in [0.29, 0.717) is 24.5 Å². The van der Waals surface area contributed by atoms with Crippen LogP contribution in [0.2, 0.25) is 0 Å². The molecule has 2 N–H and O–H groups in total. The van der Waals surface area contributed by atoms with Gasteiger partial charge in [0.15, 0.2) is 11.5 Å². The summed E-state index contributed by atoms with van der Waals surface area (Å²) in [6, 6.07) is 8.61. The molecule has 0 bridgehead atoms. The number of halogens is 1. The number of carbonyl (C=O) groups is 2. The Labute approximate surface area is 187 Å². The van der Waals surface area contributed by atoms with Crippen molar-refractivity contribution >= 4 is 11.9 Å². The first-order chi connectivity index (χ1) is 15.1. The van der Waals surface area contributed by atoms with E-state index in [9.17, 15) is 14.0 Å². The lowest BCUT2D eigenvalue weighted by Gasteiger charge is -2.39. The zero-order chi connectivity index (χ0) is 23.5. The van der Waals surface area contributed by atoms with Gasteiger partial charge in [0, 0.05) is 24.2 Å². The van der Waals surface area contributed by atoms with E-state index >= 15 is 0 Å². The average Bonchev–Trinajstić information content (AvgIpc) is 2.74. The molecule has 1 atom stereocenters. The average molecular weight is 444 g/mol. The zero-order valence-corrected chi connectivity index (χ0v) is 19.1. The number of hydrogen-bond acceptors (Lipinski definition) is 4. The van der Waals surface area contributed by atoms with E-state index in [2.05, 4.69) is 10.6 Å². The summed E-state index contributed by atoms with van der Waals surface area (Å²) < 4.78 is 24.4. The van der Waals surface area contributed by atoms with Crippen LogP contribution in [0.5, 0.6) is 11.5 Å². The molecule has 1 unspecified atom stereocenters. The fourth-order valence-corrected chi connectivity index (χ4v) is 3.81. The molecular weight excluding hydrogens is 413 g/mol. The van der Waals surface area contributed by atoms with Crippen LogP contribution < -0.4 is 20.1 Å². The van der Waals surface area contributed by atoms with Gasteiger partial charge in [0.25, 0.3) is 5.91 Å². The van der Waals surface area contributed by atoms with Crippen molar-refractivity contribution in [2.75, 3.05) is 27.3 Å². The molecule has 32 heavy (non-hydrogen) atoms. The van der Waals surface area contributed by atoms with E-state index in [1.807, 2.05) is 32.9 Å². The molecule has 1 heterocycles. The van der Waals surface area contributed by atoms with Crippen LogP contribution >= 0.6 is 0 Å². The Kier molecular flexibility index (Phi) is 6.91. The van der Waals surface area contributed by atoms with Crippen molar-refractivity contribution in [1.82, 2.24) is 15.5 Å². The van der Waals surface area contributed by atoms with Crippen LogP contribution in [0.4, 0.5) is 9.18 Å². The second kappa shape index (κ2) is 9.46. The first-order valence-corrected chi connectivity index (χ1v) is 10.5. The molecule has 0 spiro atoms. The van der Waals surface area contributed by atoms with Gasteiger partial charge in [-0.05, 0) is 68.7 Å². The highest BCUT2D eigenvalue weighted by Gasteiger charge is 2.33. The van der Waals surface area contributed by atoms with Crippen LogP contribution in [0.25, 0.3) is 0 Å². The third-order valence-corrected chi connectivity index (χ3v) is 5.29. The molecule has 0 radical (unpaired) electrons. The lowest BCUT2D eigenvalue weighted by Crippen LogP contribution is -2.53. The van der Waals surface area contributed by atoms with E-state index < -0.39 is 23.3 Å². The predicted octanol–water partition coefficient (Wildman–Crippen LogP) is 3.68. The Bertz CT molecular complexity index is 1000. The van der Waals surface area contributed by atoms with Crippen molar-refractivity contribution in [3.63, 3.8) is 0 Å². The quantitative estimate of drug-likeness (QED) is 0.739. The Balaban J connectivity index is 1.92. The molecule has 0 fully saturated rings. The fraction of sp³-hybridized carbons (Fsp3) is 0.417. The van der Waals surface area contributed by atoms with Gasteiger partial charge in [0.2, 0.25) is 0 Å². The van der Waals surface area contributed by atoms with Gasteiger partial charge in [-0.1, -0.05) is 6.07 Å². The van der Waals surface area contributed by atoms with Crippen molar-refractivity contribution in [1.29, 1.82) is 0 Å². The summed E-state index contributed by atoms with van der Waals surface area (Å²) in [4.78, 5) is 27.4. The number of carbonyl (C=O) groups excluding carboxylic acids is 2. The minimum atomic E-state index is -0.483. The van der Waals surface area contributed by atoms with Crippen molar-refractivity contribution < 1.29 is 23.5 Å². The monoisotopic (exact) mass is 443 g/mol. The number of amides is 3. The first-order valence-electron chi connectivity index (χ1n) is 10.5. The number of nitrogens with zero attached hydrogens (tertiary/aromatic N) is 1. The smallest absolute Gasteiger partial charge is 0.318 e. The predicted molar refractivity (Wildman–Crippen MR) is 120 cm³/mol. The van der Waals surface area contributed by atoms with Crippen LogP contribution in [0.1, 0.15) is 48.3 Å². The summed E-state index contributed by atoms with van der Waals surface area (Å²) >= 11 is 0. The normalized spacial score (nSPS) is 15.6. The topological polar surface area (TPSA) is 79.9 Å². The van der Waals surface area contributed by atoms with Gasteiger partial charge in [-0.15, -0.1) is 0 Å².